The third-order valence-corrected chi connectivity index (χ3v) is 10.2. The summed E-state index contributed by atoms with van der Waals surface area (Å²) in [7, 11) is 0. The van der Waals surface area contributed by atoms with Gasteiger partial charge in [0.2, 0.25) is 17.6 Å². The van der Waals surface area contributed by atoms with Crippen molar-refractivity contribution in [1.82, 2.24) is 4.98 Å². The van der Waals surface area contributed by atoms with Crippen LogP contribution in [0.25, 0.3) is 22.2 Å². The molecule has 0 N–H and O–H groups in total. The van der Waals surface area contributed by atoms with Crippen LogP contribution in [0.5, 0.6) is 0 Å². The van der Waals surface area contributed by atoms with E-state index < -0.39 is 12.1 Å². The number of imide groups is 1. The van der Waals surface area contributed by atoms with Gasteiger partial charge in [0.15, 0.2) is 6.10 Å². The number of carbonyl (C=O) groups excluding carboxylic acids is 4. The zero-order valence-electron chi connectivity index (χ0n) is 24.1. The van der Waals surface area contributed by atoms with E-state index >= 15 is 0 Å². The van der Waals surface area contributed by atoms with Gasteiger partial charge in [-0.1, -0.05) is 41.4 Å². The lowest BCUT2D eigenvalue weighted by atomic mass is 9.81. The summed E-state index contributed by atoms with van der Waals surface area (Å²) in [5.41, 5.74) is 3.52. The van der Waals surface area contributed by atoms with Gasteiger partial charge in [0.05, 0.1) is 34.3 Å². The molecule has 0 radical (unpaired) electrons. The maximum atomic E-state index is 13.6. The van der Waals surface area contributed by atoms with E-state index in [4.69, 9.17) is 32.9 Å². The van der Waals surface area contributed by atoms with Crippen LogP contribution in [-0.4, -0.2) is 34.7 Å². The molecule has 1 aliphatic heterocycles. The molecule has 7 nitrogen and oxygen atoms in total. The number of anilines is 1. The summed E-state index contributed by atoms with van der Waals surface area (Å²) in [6.07, 6.45) is 1.98. The van der Waals surface area contributed by atoms with Crippen LogP contribution in [0.3, 0.4) is 0 Å². The first kappa shape index (κ1) is 28.7. The van der Waals surface area contributed by atoms with Crippen molar-refractivity contribution in [2.75, 3.05) is 4.90 Å². The molecule has 5 atom stereocenters. The molecule has 1 saturated heterocycles. The lowest BCUT2D eigenvalue weighted by Crippen LogP contribution is -2.32. The molecule has 1 aromatic heterocycles. The van der Waals surface area contributed by atoms with Gasteiger partial charge in [0, 0.05) is 26.6 Å². The van der Waals surface area contributed by atoms with E-state index in [1.807, 2.05) is 6.92 Å². The van der Waals surface area contributed by atoms with Gasteiger partial charge in [-0.15, -0.1) is 0 Å². The fourth-order valence-electron chi connectivity index (χ4n) is 7.29. The van der Waals surface area contributed by atoms with Crippen LogP contribution < -0.4 is 4.90 Å². The molecule has 44 heavy (non-hydrogen) atoms. The average Bonchev–Trinajstić information content (AvgIpc) is 3.72. The van der Waals surface area contributed by atoms with Crippen molar-refractivity contribution in [1.29, 1.82) is 0 Å². The van der Waals surface area contributed by atoms with Crippen molar-refractivity contribution in [3.8, 4) is 11.3 Å². The number of ketones is 1. The molecule has 3 aromatic carbocycles. The van der Waals surface area contributed by atoms with Crippen molar-refractivity contribution >= 4 is 63.4 Å². The van der Waals surface area contributed by atoms with Gasteiger partial charge >= 0.3 is 5.97 Å². The Balaban J connectivity index is 1.20. The molecule has 0 spiro atoms. The Morgan fingerprint density at radius 2 is 1.55 bits per heavy atom. The Labute approximate surface area is 264 Å². The van der Waals surface area contributed by atoms with Gasteiger partial charge in [-0.3, -0.25) is 19.3 Å². The number of hydrogen-bond acceptors (Lipinski definition) is 6. The molecule has 2 aliphatic carbocycles. The number of Topliss-reactive ketones (excluding diaryl/α,β-unsaturated/α-hetero) is 1. The minimum atomic E-state index is -1.05. The first-order valence-corrected chi connectivity index (χ1v) is 15.5. The summed E-state index contributed by atoms with van der Waals surface area (Å²) >= 11 is 12.4. The highest BCUT2D eigenvalue weighted by molar-refractivity contribution is 6.32. The molecule has 2 heterocycles. The second kappa shape index (κ2) is 10.8. The van der Waals surface area contributed by atoms with Gasteiger partial charge in [-0.05, 0) is 99.0 Å². The van der Waals surface area contributed by atoms with Crippen molar-refractivity contribution in [3.63, 3.8) is 0 Å². The Bertz CT molecular complexity index is 1840. The van der Waals surface area contributed by atoms with Crippen LogP contribution in [0.1, 0.15) is 52.5 Å². The highest BCUT2D eigenvalue weighted by atomic mass is 35.5. The number of amides is 2. The highest BCUT2D eigenvalue weighted by Gasteiger charge is 2.61. The van der Waals surface area contributed by atoms with E-state index in [0.717, 1.165) is 19.3 Å². The van der Waals surface area contributed by atoms with Crippen LogP contribution in [0, 0.1) is 30.6 Å². The number of hydrogen-bond donors (Lipinski definition) is 0. The van der Waals surface area contributed by atoms with E-state index in [0.29, 0.717) is 60.9 Å². The molecule has 3 aliphatic rings. The first-order chi connectivity index (χ1) is 21.1. The molecular formula is C35H28Cl2N2O5. The monoisotopic (exact) mass is 626 g/mol. The minimum absolute atomic E-state index is 0.0960. The highest BCUT2D eigenvalue weighted by Crippen LogP contribution is 2.56. The average molecular weight is 628 g/mol. The standard InChI is InChI=1S/C35H28Cl2N2O5/c1-17-27(37)14-13-25-26(35(43)44-18(2)32(40)20-5-9-23(36)10-6-20)16-28(38-31(17)25)19-7-11-24(12-8-19)39-33(41)29-21-3-4-22(15-21)30(29)34(39)42/h5-14,16,18,21-22,29-30H,3-4,15H2,1-2H3. The third-order valence-electron chi connectivity index (χ3n) is 9.52. The van der Waals surface area contributed by atoms with Gasteiger partial charge in [0.1, 0.15) is 0 Å². The molecule has 4 aromatic rings. The normalized spacial score (nSPS) is 22.9. The summed E-state index contributed by atoms with van der Waals surface area (Å²) in [5, 5.41) is 1.53. The van der Waals surface area contributed by atoms with Crippen molar-refractivity contribution in [3.05, 3.63) is 93.5 Å². The van der Waals surface area contributed by atoms with Gasteiger partial charge in [0.25, 0.3) is 0 Å². The Kier molecular flexibility index (Phi) is 7.06. The maximum absolute atomic E-state index is 13.6. The predicted molar refractivity (Wildman–Crippen MR) is 168 cm³/mol. The number of carbonyl (C=O) groups is 4. The topological polar surface area (TPSA) is 93.6 Å². The van der Waals surface area contributed by atoms with Gasteiger partial charge in [-0.25, -0.2) is 9.78 Å². The van der Waals surface area contributed by atoms with Gasteiger partial charge < -0.3 is 4.74 Å². The lowest BCUT2D eigenvalue weighted by molar-refractivity contribution is -0.123. The van der Waals surface area contributed by atoms with Crippen LogP contribution in [-0.2, 0) is 14.3 Å². The van der Waals surface area contributed by atoms with Crippen molar-refractivity contribution < 1.29 is 23.9 Å². The summed E-state index contributed by atoms with van der Waals surface area (Å²) in [5.74, 6) is -0.998. The SMILES string of the molecule is Cc1c(Cl)ccc2c(C(=O)OC(C)C(=O)c3ccc(Cl)cc3)cc(-c3ccc(N4C(=O)C5C6CCC(C6)C5C4=O)cc3)nc12. The molecule has 2 amide bonds. The number of rotatable bonds is 6. The Hall–Kier alpha value is -4.07. The Morgan fingerprint density at radius 1 is 0.909 bits per heavy atom. The quantitative estimate of drug-likeness (QED) is 0.125. The van der Waals surface area contributed by atoms with E-state index in [1.54, 1.807) is 66.7 Å². The fourth-order valence-corrected chi connectivity index (χ4v) is 7.57. The minimum Gasteiger partial charge on any atom is -0.451 e. The zero-order valence-corrected chi connectivity index (χ0v) is 25.6. The molecule has 3 fully saturated rings. The maximum Gasteiger partial charge on any atom is 0.339 e. The predicted octanol–water partition coefficient (Wildman–Crippen LogP) is 7.48. The number of ether oxygens (including phenoxy) is 1. The molecule has 9 heteroatoms. The lowest BCUT2D eigenvalue weighted by Gasteiger charge is -2.19. The number of fused-ring (bicyclic) bond motifs is 6. The summed E-state index contributed by atoms with van der Waals surface area (Å²) in [4.78, 5) is 59.3. The zero-order chi connectivity index (χ0) is 30.9. The first-order valence-electron chi connectivity index (χ1n) is 14.7. The summed E-state index contributed by atoms with van der Waals surface area (Å²) in [6.45, 7) is 3.35. The molecule has 7 rings (SSSR count). The van der Waals surface area contributed by atoms with E-state index in [2.05, 4.69) is 0 Å². The van der Waals surface area contributed by atoms with Crippen LogP contribution in [0.4, 0.5) is 5.69 Å². The van der Waals surface area contributed by atoms with Crippen molar-refractivity contribution in [2.45, 2.75) is 39.2 Å². The van der Waals surface area contributed by atoms with E-state index in [1.165, 1.54) is 11.8 Å². The fraction of sp³-hybridized carbons (Fsp3) is 0.286. The molecule has 222 valence electrons. The van der Waals surface area contributed by atoms with Gasteiger partial charge in [-0.2, -0.15) is 0 Å². The molecular weight excluding hydrogens is 599 g/mol. The number of benzene rings is 3. The number of esters is 1. The van der Waals surface area contributed by atoms with E-state index in [-0.39, 0.29) is 35.0 Å². The summed E-state index contributed by atoms with van der Waals surface area (Å²) < 4.78 is 5.66. The second-order valence-electron chi connectivity index (χ2n) is 12.0. The molecule has 2 saturated carbocycles. The molecule has 5 unspecified atom stereocenters. The van der Waals surface area contributed by atoms with Crippen LogP contribution >= 0.6 is 23.2 Å². The Morgan fingerprint density at radius 3 is 2.18 bits per heavy atom. The van der Waals surface area contributed by atoms with E-state index in [9.17, 15) is 19.2 Å². The van der Waals surface area contributed by atoms with Crippen LogP contribution in [0.2, 0.25) is 10.0 Å². The number of nitrogens with zero attached hydrogens (tertiary/aromatic N) is 2. The van der Waals surface area contributed by atoms with Crippen LogP contribution in [0.15, 0.2) is 66.7 Å². The molecule has 2 bridgehead atoms. The summed E-state index contributed by atoms with van der Waals surface area (Å²) in [6, 6.07) is 18.5. The number of pyridine rings is 1. The smallest absolute Gasteiger partial charge is 0.339 e. The number of halogens is 2. The largest absolute Gasteiger partial charge is 0.451 e. The number of aromatic nitrogens is 1. The second-order valence-corrected chi connectivity index (χ2v) is 12.8. The third kappa shape index (κ3) is 4.61. The number of aryl methyl sites for hydroxylation is 1. The van der Waals surface area contributed by atoms with Crippen molar-refractivity contribution in [2.24, 2.45) is 23.7 Å².